The quantitative estimate of drug-likeness (QED) is 0.523. The number of carbonyl (C=O) groups is 2. The van der Waals surface area contributed by atoms with Gasteiger partial charge in [-0.25, -0.2) is 0 Å². The largest absolute Gasteiger partial charge is 0.489 e. The molecule has 5 nitrogen and oxygen atoms in total. The van der Waals surface area contributed by atoms with Crippen molar-refractivity contribution in [3.05, 3.63) is 90.0 Å². The first kappa shape index (κ1) is 21.1. The van der Waals surface area contributed by atoms with Crippen LogP contribution in [0, 0.1) is 5.92 Å². The lowest BCUT2D eigenvalue weighted by Gasteiger charge is -2.10. The average molecular weight is 402 g/mol. The Bertz CT molecular complexity index is 966. The monoisotopic (exact) mass is 402 g/mol. The molecule has 5 heteroatoms. The summed E-state index contributed by atoms with van der Waals surface area (Å²) in [6, 6.07) is 24.0. The van der Waals surface area contributed by atoms with Crippen LogP contribution in [0.3, 0.4) is 0 Å². The minimum Gasteiger partial charge on any atom is -0.489 e. The Morgan fingerprint density at radius 2 is 1.40 bits per heavy atom. The molecule has 2 amide bonds. The van der Waals surface area contributed by atoms with Crippen LogP contribution in [0.1, 0.15) is 36.2 Å². The lowest BCUT2D eigenvalue weighted by Crippen LogP contribution is -2.14. The van der Waals surface area contributed by atoms with Gasteiger partial charge in [-0.05, 0) is 60.0 Å². The SMILES string of the molecule is CC(C)CC(=O)Nc1ccc(NC(=O)c2ccc(OCc3ccccc3)cc2)cc1. The summed E-state index contributed by atoms with van der Waals surface area (Å²) in [6.07, 6.45) is 0.476. The van der Waals surface area contributed by atoms with Crippen LogP contribution in [0.2, 0.25) is 0 Å². The molecule has 30 heavy (non-hydrogen) atoms. The predicted molar refractivity (Wildman–Crippen MR) is 120 cm³/mol. The highest BCUT2D eigenvalue weighted by molar-refractivity contribution is 6.04. The van der Waals surface area contributed by atoms with Gasteiger partial charge in [-0.3, -0.25) is 9.59 Å². The number of anilines is 2. The fourth-order valence-corrected chi connectivity index (χ4v) is 2.87. The van der Waals surface area contributed by atoms with Crippen molar-refractivity contribution in [1.29, 1.82) is 0 Å². The summed E-state index contributed by atoms with van der Waals surface area (Å²) < 4.78 is 5.75. The zero-order chi connectivity index (χ0) is 21.3. The Balaban J connectivity index is 1.52. The van der Waals surface area contributed by atoms with Crippen molar-refractivity contribution in [2.45, 2.75) is 26.9 Å². The number of hydrogen-bond donors (Lipinski definition) is 2. The first-order valence-electron chi connectivity index (χ1n) is 9.97. The molecule has 0 heterocycles. The maximum Gasteiger partial charge on any atom is 0.255 e. The molecule has 0 aromatic heterocycles. The first-order chi connectivity index (χ1) is 14.5. The number of hydrogen-bond acceptors (Lipinski definition) is 3. The van der Waals surface area contributed by atoms with Crippen molar-refractivity contribution in [2.75, 3.05) is 10.6 Å². The van der Waals surface area contributed by atoms with Gasteiger partial charge in [0.15, 0.2) is 0 Å². The Kier molecular flexibility index (Phi) is 7.22. The van der Waals surface area contributed by atoms with Crippen LogP contribution in [0.15, 0.2) is 78.9 Å². The minimum absolute atomic E-state index is 0.0173. The van der Waals surface area contributed by atoms with E-state index < -0.39 is 0 Å². The van der Waals surface area contributed by atoms with E-state index in [1.54, 1.807) is 48.5 Å². The topological polar surface area (TPSA) is 67.4 Å². The second-order valence-electron chi connectivity index (χ2n) is 7.48. The number of rotatable bonds is 8. The summed E-state index contributed by atoms with van der Waals surface area (Å²) in [5.41, 5.74) is 2.99. The van der Waals surface area contributed by atoms with Crippen molar-refractivity contribution in [2.24, 2.45) is 5.92 Å². The van der Waals surface area contributed by atoms with E-state index in [-0.39, 0.29) is 11.8 Å². The maximum absolute atomic E-state index is 12.5. The van der Waals surface area contributed by atoms with Gasteiger partial charge in [0, 0.05) is 23.4 Å². The fraction of sp³-hybridized carbons (Fsp3) is 0.200. The molecule has 0 fully saturated rings. The molecule has 0 aliphatic carbocycles. The Morgan fingerprint density at radius 3 is 2.00 bits per heavy atom. The fourth-order valence-electron chi connectivity index (χ4n) is 2.87. The summed E-state index contributed by atoms with van der Waals surface area (Å²) >= 11 is 0. The Morgan fingerprint density at radius 1 is 0.800 bits per heavy atom. The molecule has 0 saturated carbocycles. The van der Waals surface area contributed by atoms with Crippen molar-refractivity contribution in [3.8, 4) is 5.75 Å². The molecule has 0 aliphatic heterocycles. The van der Waals surface area contributed by atoms with Gasteiger partial charge in [-0.1, -0.05) is 44.2 Å². The van der Waals surface area contributed by atoms with Gasteiger partial charge in [-0.2, -0.15) is 0 Å². The van der Waals surface area contributed by atoms with Gasteiger partial charge < -0.3 is 15.4 Å². The number of benzene rings is 3. The highest BCUT2D eigenvalue weighted by atomic mass is 16.5. The highest BCUT2D eigenvalue weighted by Gasteiger charge is 2.08. The molecule has 0 saturated heterocycles. The number of carbonyl (C=O) groups excluding carboxylic acids is 2. The zero-order valence-electron chi connectivity index (χ0n) is 17.2. The second-order valence-corrected chi connectivity index (χ2v) is 7.48. The summed E-state index contributed by atoms with van der Waals surface area (Å²) in [5.74, 6) is 0.785. The third kappa shape index (κ3) is 6.48. The van der Waals surface area contributed by atoms with E-state index in [4.69, 9.17) is 4.74 Å². The molecule has 0 atom stereocenters. The van der Waals surface area contributed by atoms with Gasteiger partial charge in [0.25, 0.3) is 5.91 Å². The molecule has 0 spiro atoms. The third-order valence-electron chi connectivity index (χ3n) is 4.39. The number of nitrogens with one attached hydrogen (secondary N) is 2. The molecule has 3 aromatic carbocycles. The highest BCUT2D eigenvalue weighted by Crippen LogP contribution is 2.18. The van der Waals surface area contributed by atoms with E-state index >= 15 is 0 Å². The third-order valence-corrected chi connectivity index (χ3v) is 4.39. The van der Waals surface area contributed by atoms with Crippen LogP contribution < -0.4 is 15.4 Å². The van der Waals surface area contributed by atoms with E-state index in [1.165, 1.54) is 0 Å². The van der Waals surface area contributed by atoms with Crippen LogP contribution in [0.5, 0.6) is 5.75 Å². The Hall–Kier alpha value is -3.60. The van der Waals surface area contributed by atoms with E-state index in [9.17, 15) is 9.59 Å². The van der Waals surface area contributed by atoms with Gasteiger partial charge in [0.05, 0.1) is 0 Å². The van der Waals surface area contributed by atoms with Crippen molar-refractivity contribution in [3.63, 3.8) is 0 Å². The average Bonchev–Trinajstić information content (AvgIpc) is 2.74. The Labute approximate surface area is 177 Å². The van der Waals surface area contributed by atoms with Gasteiger partial charge >= 0.3 is 0 Å². The molecule has 0 aliphatic rings. The van der Waals surface area contributed by atoms with Crippen LogP contribution >= 0.6 is 0 Å². The molecule has 0 bridgehead atoms. The maximum atomic E-state index is 12.5. The van der Waals surface area contributed by atoms with Crippen molar-refractivity contribution < 1.29 is 14.3 Å². The lowest BCUT2D eigenvalue weighted by atomic mass is 10.1. The lowest BCUT2D eigenvalue weighted by molar-refractivity contribution is -0.116. The molecular formula is C25H26N2O3. The van der Waals surface area contributed by atoms with E-state index in [1.807, 2.05) is 44.2 Å². The molecule has 154 valence electrons. The van der Waals surface area contributed by atoms with Crippen LogP contribution in [-0.4, -0.2) is 11.8 Å². The number of amides is 2. The van der Waals surface area contributed by atoms with Gasteiger partial charge in [0.1, 0.15) is 12.4 Å². The van der Waals surface area contributed by atoms with Crippen molar-refractivity contribution in [1.82, 2.24) is 0 Å². The summed E-state index contributed by atoms with van der Waals surface area (Å²) in [7, 11) is 0. The van der Waals surface area contributed by atoms with Crippen LogP contribution in [-0.2, 0) is 11.4 Å². The molecule has 3 rings (SSSR count). The smallest absolute Gasteiger partial charge is 0.255 e. The molecule has 3 aromatic rings. The predicted octanol–water partition coefficient (Wildman–Crippen LogP) is 5.50. The van der Waals surface area contributed by atoms with Crippen LogP contribution in [0.4, 0.5) is 11.4 Å². The molecule has 2 N–H and O–H groups in total. The summed E-state index contributed by atoms with van der Waals surface area (Å²) in [5, 5.41) is 5.71. The van der Waals surface area contributed by atoms with E-state index in [0.717, 1.165) is 5.56 Å². The minimum atomic E-state index is -0.207. The molecular weight excluding hydrogens is 376 g/mol. The molecule has 0 radical (unpaired) electrons. The van der Waals surface area contributed by atoms with E-state index in [2.05, 4.69) is 10.6 Å². The van der Waals surface area contributed by atoms with Gasteiger partial charge in [-0.15, -0.1) is 0 Å². The standard InChI is InChI=1S/C25H26N2O3/c1-18(2)16-24(28)26-21-10-12-22(13-11-21)27-25(29)20-8-14-23(15-9-20)30-17-19-6-4-3-5-7-19/h3-15,18H,16-17H2,1-2H3,(H,26,28)(H,27,29). The zero-order valence-corrected chi connectivity index (χ0v) is 17.2. The number of ether oxygens (including phenoxy) is 1. The van der Waals surface area contributed by atoms with E-state index in [0.29, 0.717) is 41.6 Å². The van der Waals surface area contributed by atoms with Crippen molar-refractivity contribution >= 4 is 23.2 Å². The molecule has 0 unspecified atom stereocenters. The second kappa shape index (κ2) is 10.3. The first-order valence-corrected chi connectivity index (χ1v) is 9.97. The summed E-state index contributed by atoms with van der Waals surface area (Å²) in [4.78, 5) is 24.3. The van der Waals surface area contributed by atoms with Crippen LogP contribution in [0.25, 0.3) is 0 Å². The van der Waals surface area contributed by atoms with Gasteiger partial charge in [0.2, 0.25) is 5.91 Å². The summed E-state index contributed by atoms with van der Waals surface area (Å²) in [6.45, 7) is 4.48. The normalized spacial score (nSPS) is 10.5.